The van der Waals surface area contributed by atoms with Crippen molar-refractivity contribution < 1.29 is 22.5 Å². The summed E-state index contributed by atoms with van der Waals surface area (Å²) >= 11 is 0. The molecule has 3 atom stereocenters. The number of carbonyl (C=O) groups excluding carboxylic acids is 1. The highest BCUT2D eigenvalue weighted by Gasteiger charge is 2.61. The molecule has 1 aromatic heterocycles. The lowest BCUT2D eigenvalue weighted by molar-refractivity contribution is -0.130. The van der Waals surface area contributed by atoms with E-state index < -0.39 is 41.2 Å². The van der Waals surface area contributed by atoms with E-state index in [-0.39, 0.29) is 40.4 Å². The summed E-state index contributed by atoms with van der Waals surface area (Å²) in [5.41, 5.74) is 5.51. The zero-order valence-electron chi connectivity index (χ0n) is 20.3. The zero-order chi connectivity index (χ0) is 24.0. The molecule has 1 aromatic rings. The number of carbonyl (C=O) groups is 1. The van der Waals surface area contributed by atoms with Gasteiger partial charge in [-0.2, -0.15) is 4.98 Å². The Hall–Kier alpha value is -1.38. The highest BCUT2D eigenvalue weighted by atomic mass is 28.5. The van der Waals surface area contributed by atoms with Crippen LogP contribution in [-0.2, 0) is 22.5 Å². The van der Waals surface area contributed by atoms with Crippen LogP contribution in [0.4, 0.5) is 5.82 Å². The van der Waals surface area contributed by atoms with Crippen molar-refractivity contribution in [1.29, 1.82) is 0 Å². The number of ether oxygens (including phenoxy) is 1. The first kappa shape index (κ1) is 25.3. The van der Waals surface area contributed by atoms with Gasteiger partial charge in [-0.1, -0.05) is 55.4 Å². The van der Waals surface area contributed by atoms with Gasteiger partial charge in [-0.05, 0) is 28.2 Å². The van der Waals surface area contributed by atoms with Crippen LogP contribution in [0.15, 0.2) is 17.1 Å². The van der Waals surface area contributed by atoms with Gasteiger partial charge >= 0.3 is 22.8 Å². The van der Waals surface area contributed by atoms with Gasteiger partial charge in [-0.25, -0.2) is 4.79 Å². The van der Waals surface area contributed by atoms with E-state index in [4.69, 9.17) is 23.4 Å². The zero-order valence-corrected chi connectivity index (χ0v) is 22.3. The highest BCUT2D eigenvalue weighted by Crippen LogP contribution is 2.47. The van der Waals surface area contributed by atoms with Crippen molar-refractivity contribution in [3.05, 3.63) is 22.7 Å². The Labute approximate surface area is 192 Å². The van der Waals surface area contributed by atoms with Crippen LogP contribution in [0.25, 0.3) is 0 Å². The Balaban J connectivity index is 2.08. The van der Waals surface area contributed by atoms with E-state index in [2.05, 4.69) is 60.4 Å². The molecule has 2 saturated heterocycles. The molecule has 2 aliphatic rings. The maximum atomic E-state index is 13.5. The van der Waals surface area contributed by atoms with Crippen molar-refractivity contribution in [2.24, 2.45) is 0 Å². The minimum atomic E-state index is -2.95. The molecule has 0 amide bonds. The minimum absolute atomic E-state index is 0.0852. The lowest BCUT2D eigenvalue weighted by atomic mass is 10.1. The molecule has 2 fully saturated rings. The second-order valence-electron chi connectivity index (χ2n) is 9.98. The van der Waals surface area contributed by atoms with Crippen LogP contribution in [-0.4, -0.2) is 51.3 Å². The van der Waals surface area contributed by atoms with Crippen molar-refractivity contribution in [3.8, 4) is 0 Å². The van der Waals surface area contributed by atoms with Gasteiger partial charge in [-0.3, -0.25) is 9.36 Å². The Morgan fingerprint density at radius 2 is 1.56 bits per heavy atom. The monoisotopic (exact) mass is 483 g/mol. The van der Waals surface area contributed by atoms with Crippen molar-refractivity contribution in [2.75, 3.05) is 12.3 Å². The van der Waals surface area contributed by atoms with Crippen molar-refractivity contribution >= 4 is 28.7 Å². The quantitative estimate of drug-likeness (QED) is 0.635. The molecule has 32 heavy (non-hydrogen) atoms. The van der Waals surface area contributed by atoms with E-state index >= 15 is 0 Å². The van der Waals surface area contributed by atoms with Crippen molar-refractivity contribution in [3.63, 3.8) is 0 Å². The van der Waals surface area contributed by atoms with Gasteiger partial charge in [0.15, 0.2) is 0 Å². The molecule has 9 nitrogen and oxygen atoms in total. The number of aromatic nitrogens is 2. The smallest absolute Gasteiger partial charge is 0.351 e. The van der Waals surface area contributed by atoms with Crippen LogP contribution in [0, 0.1) is 0 Å². The molecule has 0 spiro atoms. The summed E-state index contributed by atoms with van der Waals surface area (Å²) in [6.45, 7) is 17.1. The summed E-state index contributed by atoms with van der Waals surface area (Å²) in [6, 6.07) is 1.47. The number of rotatable bonds is 5. The molecule has 3 rings (SSSR count). The molecular formula is C21H37N3O6Si2. The maximum Gasteiger partial charge on any atom is 0.351 e. The molecule has 0 radical (unpaired) electrons. The van der Waals surface area contributed by atoms with Crippen LogP contribution in [0.1, 0.15) is 61.6 Å². The molecule has 11 heteroatoms. The first-order valence-corrected chi connectivity index (χ1v) is 15.4. The molecule has 180 valence electrons. The maximum absolute atomic E-state index is 13.5. The molecule has 0 aromatic carbocycles. The minimum Gasteiger partial charge on any atom is -0.414 e. The fourth-order valence-corrected chi connectivity index (χ4v) is 16.0. The van der Waals surface area contributed by atoms with E-state index in [1.165, 1.54) is 12.3 Å². The Kier molecular flexibility index (Phi) is 7.19. The molecule has 2 N–H and O–H groups in total. The summed E-state index contributed by atoms with van der Waals surface area (Å²) < 4.78 is 27.7. The number of hydrogen-bond acceptors (Lipinski definition) is 8. The molecule has 3 heterocycles. The van der Waals surface area contributed by atoms with Gasteiger partial charge in [0.1, 0.15) is 18.0 Å². The number of Topliss-reactive ketones (excluding diaryl/α,β-unsaturated/α-hetero) is 1. The third-order valence-electron chi connectivity index (χ3n) is 6.59. The molecule has 0 aliphatic carbocycles. The predicted molar refractivity (Wildman–Crippen MR) is 126 cm³/mol. The Bertz CT molecular complexity index is 888. The van der Waals surface area contributed by atoms with Gasteiger partial charge in [0.05, 0.1) is 6.61 Å². The lowest BCUT2D eigenvalue weighted by Gasteiger charge is -2.50. The fourth-order valence-electron chi connectivity index (χ4n) is 4.82. The number of hydrogen-bond donors (Lipinski definition) is 1. The normalized spacial score (nSPS) is 27.8. The van der Waals surface area contributed by atoms with Gasteiger partial charge < -0.3 is 23.4 Å². The molecule has 0 bridgehead atoms. The summed E-state index contributed by atoms with van der Waals surface area (Å²) in [4.78, 5) is 29.6. The fraction of sp³-hybridized carbons (Fsp3) is 0.762. The van der Waals surface area contributed by atoms with Crippen LogP contribution < -0.4 is 11.4 Å². The topological polar surface area (TPSA) is 115 Å². The second-order valence-corrected chi connectivity index (χ2v) is 18.8. The first-order chi connectivity index (χ1) is 14.9. The average molecular weight is 484 g/mol. The Morgan fingerprint density at radius 1 is 1.00 bits per heavy atom. The predicted octanol–water partition coefficient (Wildman–Crippen LogP) is 3.25. The average Bonchev–Trinajstić information content (AvgIpc) is 2.96. The van der Waals surface area contributed by atoms with E-state index in [1.807, 2.05) is 0 Å². The third kappa shape index (κ3) is 4.14. The van der Waals surface area contributed by atoms with Gasteiger partial charge in [0.2, 0.25) is 12.0 Å². The number of fused-ring (bicyclic) bond motifs is 1. The SMILES string of the molecule is CC(C)[Si]1(C(C)C)OC[C@H]2O[C@@H](n3ccc(N)nc3=O)C(=O)[C@@H]2O[Si](C(C)C)(C(C)C)O1. The number of anilines is 1. The van der Waals surface area contributed by atoms with Crippen LogP contribution in [0.5, 0.6) is 0 Å². The highest BCUT2D eigenvalue weighted by molar-refractivity contribution is 6.84. The lowest BCUT2D eigenvalue weighted by Crippen LogP contribution is -2.65. The van der Waals surface area contributed by atoms with Crippen LogP contribution in [0.2, 0.25) is 22.2 Å². The van der Waals surface area contributed by atoms with Gasteiger partial charge in [0, 0.05) is 6.20 Å². The number of nitrogen functional groups attached to an aromatic ring is 1. The van der Waals surface area contributed by atoms with Gasteiger partial charge in [-0.15, -0.1) is 0 Å². The second kappa shape index (κ2) is 9.11. The van der Waals surface area contributed by atoms with Crippen molar-refractivity contribution in [1.82, 2.24) is 9.55 Å². The molecular weight excluding hydrogens is 446 g/mol. The van der Waals surface area contributed by atoms with Crippen molar-refractivity contribution in [2.45, 2.75) is 96.0 Å². The molecule has 0 saturated carbocycles. The summed E-state index contributed by atoms with van der Waals surface area (Å²) in [7, 11) is -5.68. The molecule has 2 aliphatic heterocycles. The number of ketones is 1. The number of nitrogens with zero attached hydrogens (tertiary/aromatic N) is 2. The largest absolute Gasteiger partial charge is 0.414 e. The van der Waals surface area contributed by atoms with E-state index in [0.717, 1.165) is 4.57 Å². The van der Waals surface area contributed by atoms with Gasteiger partial charge in [0.25, 0.3) is 0 Å². The number of nitrogens with two attached hydrogens (primary N) is 1. The van der Waals surface area contributed by atoms with Crippen LogP contribution >= 0.6 is 0 Å². The van der Waals surface area contributed by atoms with E-state index in [0.29, 0.717) is 0 Å². The molecule has 0 unspecified atom stereocenters. The summed E-state index contributed by atoms with van der Waals surface area (Å²) in [5.74, 6) is -0.233. The summed E-state index contributed by atoms with van der Waals surface area (Å²) in [6.07, 6.45) is -1.20. The van der Waals surface area contributed by atoms with Crippen LogP contribution in [0.3, 0.4) is 0 Å². The Morgan fingerprint density at radius 3 is 2.06 bits per heavy atom. The van der Waals surface area contributed by atoms with E-state index in [9.17, 15) is 9.59 Å². The standard InChI is InChI=1S/C21H37N3O6Si2/c1-12(2)31(13(3)4)27-11-16-19(29-32(30-31,14(5)6)15(7)8)18(25)20(28-16)24-10-9-17(22)23-21(24)26/h9-10,12-16,19-20H,11H2,1-8H3,(H2,22,23,26)/t16-,19-,20-/m1/s1. The third-order valence-corrected chi connectivity index (χ3v) is 16.8. The summed E-state index contributed by atoms with van der Waals surface area (Å²) in [5, 5.41) is 0. The first-order valence-electron chi connectivity index (χ1n) is 11.4. The van der Waals surface area contributed by atoms with E-state index in [1.54, 1.807) is 0 Å².